The molecule has 0 saturated heterocycles. The molecule has 2 heterocycles. The summed E-state index contributed by atoms with van der Waals surface area (Å²) in [5.74, 6) is 1.48. The van der Waals surface area contributed by atoms with Gasteiger partial charge in [-0.25, -0.2) is 18.4 Å². The minimum absolute atomic E-state index is 0.0820. The summed E-state index contributed by atoms with van der Waals surface area (Å²) in [5, 5.41) is 26.4. The highest BCUT2D eigenvalue weighted by Crippen LogP contribution is 2.38. The van der Waals surface area contributed by atoms with Gasteiger partial charge >= 0.3 is 0 Å². The van der Waals surface area contributed by atoms with Crippen molar-refractivity contribution in [1.82, 2.24) is 24.7 Å². The fourth-order valence-electron chi connectivity index (χ4n) is 4.18. The molecule has 0 spiro atoms. The van der Waals surface area contributed by atoms with E-state index in [1.807, 2.05) is 0 Å². The number of aromatic nitrogens is 5. The van der Waals surface area contributed by atoms with Crippen LogP contribution in [0.1, 0.15) is 24.4 Å². The molecule has 0 unspecified atom stereocenters. The van der Waals surface area contributed by atoms with Gasteiger partial charge in [-0.15, -0.1) is 10.2 Å². The number of hydrogen-bond donors (Lipinski definition) is 3. The van der Waals surface area contributed by atoms with E-state index in [-0.39, 0.29) is 24.2 Å². The Labute approximate surface area is 249 Å². The molecular weight excluding hydrogens is 580 g/mol. The minimum atomic E-state index is -4.31. The highest BCUT2D eigenvalue weighted by atomic mass is 32.2. The van der Waals surface area contributed by atoms with Crippen LogP contribution in [-0.2, 0) is 14.8 Å². The second-order valence-electron chi connectivity index (χ2n) is 9.49. The Bertz CT molecular complexity index is 1610. The molecule has 2 aromatic heterocycles. The number of anilines is 1. The van der Waals surface area contributed by atoms with Crippen molar-refractivity contribution in [2.45, 2.75) is 31.3 Å². The van der Waals surface area contributed by atoms with E-state index in [4.69, 9.17) is 18.9 Å². The van der Waals surface area contributed by atoms with Crippen LogP contribution in [0.5, 0.6) is 17.2 Å². The van der Waals surface area contributed by atoms with Crippen molar-refractivity contribution < 1.29 is 37.6 Å². The van der Waals surface area contributed by atoms with E-state index in [1.54, 1.807) is 49.4 Å². The molecule has 4 aromatic rings. The van der Waals surface area contributed by atoms with E-state index < -0.39 is 34.1 Å². The molecule has 14 nitrogen and oxygen atoms in total. The van der Waals surface area contributed by atoms with Crippen molar-refractivity contribution in [3.63, 3.8) is 0 Å². The van der Waals surface area contributed by atoms with E-state index in [0.717, 1.165) is 5.56 Å². The zero-order valence-electron chi connectivity index (χ0n) is 24.3. The van der Waals surface area contributed by atoms with Crippen molar-refractivity contribution in [2.24, 2.45) is 0 Å². The molecule has 0 bridgehead atoms. The second kappa shape index (κ2) is 13.8. The quantitative estimate of drug-likeness (QED) is 0.189. The maximum atomic E-state index is 13.9. The molecule has 0 amide bonds. The van der Waals surface area contributed by atoms with E-state index >= 15 is 0 Å². The van der Waals surface area contributed by atoms with Crippen molar-refractivity contribution >= 4 is 16.0 Å². The summed E-state index contributed by atoms with van der Waals surface area (Å²) >= 11 is 0. The molecule has 0 aliphatic rings. The first-order valence-corrected chi connectivity index (χ1v) is 14.7. The molecule has 15 heteroatoms. The highest BCUT2D eigenvalue weighted by Gasteiger charge is 2.36. The first kappa shape index (κ1) is 31.6. The van der Waals surface area contributed by atoms with Crippen LogP contribution >= 0.6 is 0 Å². The van der Waals surface area contributed by atoms with Gasteiger partial charge in [-0.3, -0.25) is 9.29 Å². The zero-order chi connectivity index (χ0) is 31.1. The number of ether oxygens (including phenoxy) is 4. The van der Waals surface area contributed by atoms with E-state index in [1.165, 1.54) is 45.2 Å². The largest absolute Gasteiger partial charge is 0.497 e. The highest BCUT2D eigenvalue weighted by molar-refractivity contribution is 7.93. The van der Waals surface area contributed by atoms with Gasteiger partial charge in [0.15, 0.2) is 11.6 Å². The number of aliphatic hydroxyl groups excluding tert-OH is 2. The summed E-state index contributed by atoms with van der Waals surface area (Å²) < 4.78 is 54.2. The average Bonchev–Trinajstić information content (AvgIpc) is 3.43. The molecule has 0 radical (unpaired) electrons. The number of aryl methyl sites for hydroxylation is 1. The first-order valence-electron chi connectivity index (χ1n) is 13.1. The average molecular weight is 615 g/mol. The van der Waals surface area contributed by atoms with Gasteiger partial charge in [0.25, 0.3) is 0 Å². The number of para-hydroxylation sites is 1. The Balaban J connectivity index is 1.83. The maximum Gasteiger partial charge on any atom is 0.243 e. The molecule has 3 N–H and O–H groups in total. The number of nitrogens with one attached hydrogen (secondary N) is 1. The topological polar surface area (TPSA) is 180 Å². The van der Waals surface area contributed by atoms with Gasteiger partial charge in [0.05, 0.1) is 34.5 Å². The number of methoxy groups -OCH3 is 3. The number of hydrogen-bond acceptors (Lipinski definition) is 12. The van der Waals surface area contributed by atoms with Crippen LogP contribution in [0.3, 0.4) is 0 Å². The molecule has 0 aliphatic carbocycles. The monoisotopic (exact) mass is 614 g/mol. The number of sulfonamides is 1. The zero-order valence-corrected chi connectivity index (χ0v) is 25.1. The van der Waals surface area contributed by atoms with Gasteiger partial charge in [0, 0.05) is 18.0 Å². The van der Waals surface area contributed by atoms with Crippen molar-refractivity contribution in [3.8, 4) is 34.3 Å². The van der Waals surface area contributed by atoms with Crippen LogP contribution in [0.15, 0.2) is 54.9 Å². The second-order valence-corrected chi connectivity index (χ2v) is 11.5. The van der Waals surface area contributed by atoms with E-state index in [2.05, 4.69) is 24.9 Å². The van der Waals surface area contributed by atoms with Gasteiger partial charge in [-0.2, -0.15) is 0 Å². The van der Waals surface area contributed by atoms with Crippen LogP contribution in [0, 0.1) is 6.92 Å². The lowest BCUT2D eigenvalue weighted by atomic mass is 10.2. The molecule has 3 atom stereocenters. The van der Waals surface area contributed by atoms with Crippen LogP contribution in [-0.4, -0.2) is 89.3 Å². The van der Waals surface area contributed by atoms with Crippen LogP contribution in [0.25, 0.3) is 17.1 Å². The predicted molar refractivity (Wildman–Crippen MR) is 157 cm³/mol. The van der Waals surface area contributed by atoms with Crippen molar-refractivity contribution in [3.05, 3.63) is 66.2 Å². The van der Waals surface area contributed by atoms with Crippen LogP contribution < -0.4 is 18.9 Å². The Morgan fingerprint density at radius 3 is 2.23 bits per heavy atom. The fourth-order valence-corrected chi connectivity index (χ4v) is 5.28. The third-order valence-electron chi connectivity index (χ3n) is 6.50. The Hall–Kier alpha value is -4.31. The number of aliphatic hydroxyl groups is 2. The molecular formula is C28H34N6O8S. The fraction of sp³-hybridized carbons (Fsp3) is 0.357. The van der Waals surface area contributed by atoms with Gasteiger partial charge in [-0.05, 0) is 43.7 Å². The van der Waals surface area contributed by atoms with Crippen molar-refractivity contribution in [2.75, 3.05) is 39.3 Å². The normalized spacial score (nSPS) is 13.7. The minimum Gasteiger partial charge on any atom is -0.497 e. The molecule has 2 aromatic carbocycles. The standard InChI is InChI=1S/C28H34N6O8S/c1-17-13-29-26(30-14-17)25(42-16-20(36)15-35)18(2)43(37,38)33-28-32-31-27(19-8-6-9-21(12-19)39-3)34(28)24-22(40-4)10-7-11-23(24)41-5/h6-14,18,20,25,35-36H,15-16H2,1-5H3,(H,32,33)/t18-,20+,25-/m1/s1. The summed E-state index contributed by atoms with van der Waals surface area (Å²) in [7, 11) is 0.179. The predicted octanol–water partition coefficient (Wildman–Crippen LogP) is 2.30. The summed E-state index contributed by atoms with van der Waals surface area (Å²) in [6.07, 6.45) is 0.606. The van der Waals surface area contributed by atoms with E-state index in [9.17, 15) is 18.6 Å². The summed E-state index contributed by atoms with van der Waals surface area (Å²) in [6, 6.07) is 12.2. The molecule has 4 rings (SSSR count). The summed E-state index contributed by atoms with van der Waals surface area (Å²) in [5.41, 5.74) is 1.68. The molecule has 0 fully saturated rings. The van der Waals surface area contributed by atoms with Crippen LogP contribution in [0.2, 0.25) is 0 Å². The third kappa shape index (κ3) is 7.02. The Kier molecular flexibility index (Phi) is 10.1. The SMILES string of the molecule is COc1cccc(-c2nnc(NS(=O)(=O)[C@H](C)[C@@H](OC[C@@H](O)CO)c3ncc(C)cn3)n2-c2c(OC)cccc2OC)c1. The van der Waals surface area contributed by atoms with E-state index in [0.29, 0.717) is 28.5 Å². The number of rotatable bonds is 14. The smallest absolute Gasteiger partial charge is 0.243 e. The van der Waals surface area contributed by atoms with Gasteiger partial charge in [0.2, 0.25) is 16.0 Å². The number of nitrogens with zero attached hydrogens (tertiary/aromatic N) is 5. The Morgan fingerprint density at radius 1 is 0.977 bits per heavy atom. The Morgan fingerprint density at radius 2 is 1.63 bits per heavy atom. The molecule has 0 aliphatic heterocycles. The van der Waals surface area contributed by atoms with Crippen LogP contribution in [0.4, 0.5) is 5.95 Å². The number of benzene rings is 2. The molecule has 230 valence electrons. The van der Waals surface area contributed by atoms with Gasteiger partial charge in [-0.1, -0.05) is 18.2 Å². The lowest BCUT2D eigenvalue weighted by Gasteiger charge is -2.25. The van der Waals surface area contributed by atoms with Gasteiger partial charge in [0.1, 0.15) is 40.4 Å². The summed E-state index contributed by atoms with van der Waals surface area (Å²) in [4.78, 5) is 8.49. The third-order valence-corrected chi connectivity index (χ3v) is 8.19. The lowest BCUT2D eigenvalue weighted by molar-refractivity contribution is -0.0324. The first-order chi connectivity index (χ1) is 20.6. The maximum absolute atomic E-state index is 13.9. The molecule has 43 heavy (non-hydrogen) atoms. The molecule has 0 saturated carbocycles. The lowest BCUT2D eigenvalue weighted by Crippen LogP contribution is -2.35. The van der Waals surface area contributed by atoms with Crippen molar-refractivity contribution in [1.29, 1.82) is 0 Å². The van der Waals surface area contributed by atoms with Gasteiger partial charge < -0.3 is 29.2 Å². The summed E-state index contributed by atoms with van der Waals surface area (Å²) in [6.45, 7) is 2.27.